The molecule has 4 bridgehead atoms. The lowest BCUT2D eigenvalue weighted by atomic mass is 9.48. The highest BCUT2D eigenvalue weighted by molar-refractivity contribution is 9.10. The summed E-state index contributed by atoms with van der Waals surface area (Å²) in [5, 5.41) is 3.25. The molecule has 2 aromatic heterocycles. The van der Waals surface area contributed by atoms with Crippen molar-refractivity contribution < 1.29 is 0 Å². The summed E-state index contributed by atoms with van der Waals surface area (Å²) in [7, 11) is 0. The van der Waals surface area contributed by atoms with E-state index in [1.807, 2.05) is 32.9 Å². The van der Waals surface area contributed by atoms with Crippen molar-refractivity contribution in [1.29, 1.82) is 0 Å². The van der Waals surface area contributed by atoms with Gasteiger partial charge in [-0.25, -0.2) is 9.48 Å². The molecule has 0 spiro atoms. The van der Waals surface area contributed by atoms with Crippen molar-refractivity contribution in [1.82, 2.24) is 18.9 Å². The Kier molecular flexibility index (Phi) is 6.11. The van der Waals surface area contributed by atoms with Crippen molar-refractivity contribution >= 4 is 38.9 Å². The first-order chi connectivity index (χ1) is 19.3. The Hall–Kier alpha value is -3.13. The Morgan fingerprint density at radius 1 is 0.950 bits per heavy atom. The zero-order chi connectivity index (χ0) is 27.8. The third-order valence-electron chi connectivity index (χ3n) is 9.95. The lowest BCUT2D eigenvalue weighted by Crippen LogP contribution is -2.48. The molecule has 0 atom stereocenters. The minimum atomic E-state index is -0.122. The molecule has 4 aliphatic carbocycles. The fourth-order valence-corrected chi connectivity index (χ4v) is 8.92. The smallest absolute Gasteiger partial charge is 0.295 e. The Bertz CT molecular complexity index is 1730. The molecule has 0 saturated heterocycles. The fraction of sp³-hybridized carbons (Fsp3) is 0.469. The van der Waals surface area contributed by atoms with Crippen molar-refractivity contribution in [3.05, 3.63) is 78.5 Å². The standard InChI is InChI=1S/C32H36BrN5O2/c1-4-36-28-13-26(33)27(14-29(28)37(5-2)31(36)40)34-18-25-19(3)35-38(30(25)39)24-8-6-23(7-9-24)32-15-20-10-21(16-32)12-22(11-20)17-32/h6-9,13-14,18,20-22,35H,4-5,10-12,15-17H2,1-3H3. The molecule has 8 rings (SSSR count). The summed E-state index contributed by atoms with van der Waals surface area (Å²) in [5.74, 6) is 2.72. The van der Waals surface area contributed by atoms with Gasteiger partial charge in [-0.15, -0.1) is 0 Å². The monoisotopic (exact) mass is 601 g/mol. The summed E-state index contributed by atoms with van der Waals surface area (Å²) in [5.41, 5.74) is 6.17. The third kappa shape index (κ3) is 3.93. The van der Waals surface area contributed by atoms with E-state index in [1.165, 1.54) is 44.1 Å². The Balaban J connectivity index is 1.19. The topological polar surface area (TPSA) is 77.1 Å². The predicted octanol–water partition coefficient (Wildman–Crippen LogP) is 6.61. The summed E-state index contributed by atoms with van der Waals surface area (Å²) < 4.78 is 5.92. The van der Waals surface area contributed by atoms with Gasteiger partial charge < -0.3 is 0 Å². The van der Waals surface area contributed by atoms with Gasteiger partial charge in [-0.3, -0.25) is 24.0 Å². The Morgan fingerprint density at radius 3 is 2.10 bits per heavy atom. The van der Waals surface area contributed by atoms with Crippen LogP contribution in [0.25, 0.3) is 16.7 Å². The molecular formula is C32H36BrN5O2. The average Bonchev–Trinajstić information content (AvgIpc) is 3.36. The predicted molar refractivity (Wildman–Crippen MR) is 163 cm³/mol. The van der Waals surface area contributed by atoms with Crippen LogP contribution in [-0.4, -0.2) is 25.1 Å². The SMILES string of the molecule is CCn1c(=O)n(CC)c2cc(N=Cc3c(C)[nH]n(-c4ccc(C56CC7CC(CC(C7)C5)C6)cc4)c3=O)c(Br)cc21. The molecule has 4 fully saturated rings. The second kappa shape index (κ2) is 9.47. The number of imidazole rings is 1. The van der Waals surface area contributed by atoms with Crippen LogP contribution in [0.15, 0.2) is 55.5 Å². The molecule has 2 aromatic carbocycles. The highest BCUT2D eigenvalue weighted by atomic mass is 79.9. The van der Waals surface area contributed by atoms with E-state index in [4.69, 9.17) is 0 Å². The van der Waals surface area contributed by atoms with E-state index in [1.54, 1.807) is 20.0 Å². The molecule has 4 aliphatic rings. The van der Waals surface area contributed by atoms with Gasteiger partial charge in [0.15, 0.2) is 0 Å². The van der Waals surface area contributed by atoms with Gasteiger partial charge in [-0.2, -0.15) is 0 Å². The molecule has 7 nitrogen and oxygen atoms in total. The van der Waals surface area contributed by atoms with Crippen LogP contribution >= 0.6 is 15.9 Å². The Labute approximate surface area is 242 Å². The molecule has 0 radical (unpaired) electrons. The van der Waals surface area contributed by atoms with E-state index in [0.29, 0.717) is 29.8 Å². The number of aryl methyl sites for hydroxylation is 3. The number of nitrogens with zero attached hydrogens (tertiary/aromatic N) is 4. The summed E-state index contributed by atoms with van der Waals surface area (Å²) in [4.78, 5) is 31.0. The minimum absolute atomic E-state index is 0.0217. The largest absolute Gasteiger partial charge is 0.329 e. The number of H-pyrrole nitrogens is 1. The van der Waals surface area contributed by atoms with Gasteiger partial charge in [-0.1, -0.05) is 12.1 Å². The molecule has 8 heteroatoms. The minimum Gasteiger partial charge on any atom is -0.295 e. The normalized spacial score (nSPS) is 25.6. The molecule has 0 amide bonds. The maximum atomic E-state index is 13.5. The molecule has 4 saturated carbocycles. The van der Waals surface area contributed by atoms with Crippen LogP contribution in [0.2, 0.25) is 0 Å². The van der Waals surface area contributed by atoms with E-state index in [9.17, 15) is 9.59 Å². The average molecular weight is 603 g/mol. The van der Waals surface area contributed by atoms with Crippen molar-refractivity contribution in [3.8, 4) is 5.69 Å². The van der Waals surface area contributed by atoms with Crippen molar-refractivity contribution in [2.75, 3.05) is 0 Å². The lowest BCUT2D eigenvalue weighted by Gasteiger charge is -2.57. The van der Waals surface area contributed by atoms with Gasteiger partial charge in [0.2, 0.25) is 0 Å². The highest BCUT2D eigenvalue weighted by Gasteiger charge is 2.51. The van der Waals surface area contributed by atoms with Gasteiger partial charge in [-0.05, 0) is 128 Å². The summed E-state index contributed by atoms with van der Waals surface area (Å²) in [6.07, 6.45) is 9.94. The van der Waals surface area contributed by atoms with Gasteiger partial charge in [0.1, 0.15) is 0 Å². The van der Waals surface area contributed by atoms with E-state index >= 15 is 0 Å². The fourth-order valence-electron chi connectivity index (χ4n) is 8.49. The molecule has 40 heavy (non-hydrogen) atoms. The zero-order valence-corrected chi connectivity index (χ0v) is 25.0. The maximum absolute atomic E-state index is 13.5. The van der Waals surface area contributed by atoms with Crippen LogP contribution in [0.4, 0.5) is 5.69 Å². The molecule has 2 heterocycles. The number of halogens is 1. The van der Waals surface area contributed by atoms with Gasteiger partial charge in [0.25, 0.3) is 5.56 Å². The summed E-state index contributed by atoms with van der Waals surface area (Å²) in [6, 6.07) is 12.6. The van der Waals surface area contributed by atoms with Crippen molar-refractivity contribution in [2.45, 2.75) is 77.8 Å². The van der Waals surface area contributed by atoms with Gasteiger partial charge >= 0.3 is 5.69 Å². The number of hydrogen-bond acceptors (Lipinski definition) is 3. The molecule has 1 N–H and O–H groups in total. The molecular weight excluding hydrogens is 566 g/mol. The highest BCUT2D eigenvalue weighted by Crippen LogP contribution is 2.60. The quantitative estimate of drug-likeness (QED) is 0.252. The number of hydrogen-bond donors (Lipinski definition) is 1. The lowest BCUT2D eigenvalue weighted by molar-refractivity contribution is -0.00518. The van der Waals surface area contributed by atoms with Crippen LogP contribution in [0.1, 0.15) is 69.2 Å². The number of aliphatic imine (C=N–C) groups is 1. The summed E-state index contributed by atoms with van der Waals surface area (Å²) >= 11 is 3.62. The summed E-state index contributed by atoms with van der Waals surface area (Å²) in [6.45, 7) is 7.02. The molecule has 0 aliphatic heterocycles. The van der Waals surface area contributed by atoms with E-state index in [2.05, 4.69) is 50.3 Å². The van der Waals surface area contributed by atoms with Crippen LogP contribution in [0.5, 0.6) is 0 Å². The van der Waals surface area contributed by atoms with Crippen LogP contribution in [0.3, 0.4) is 0 Å². The van der Waals surface area contributed by atoms with E-state index in [0.717, 1.165) is 44.6 Å². The van der Waals surface area contributed by atoms with Crippen LogP contribution < -0.4 is 11.2 Å². The first kappa shape index (κ1) is 25.8. The first-order valence-electron chi connectivity index (χ1n) is 14.7. The van der Waals surface area contributed by atoms with Crippen LogP contribution in [-0.2, 0) is 18.5 Å². The third-order valence-corrected chi connectivity index (χ3v) is 10.6. The maximum Gasteiger partial charge on any atom is 0.329 e. The second-order valence-corrected chi connectivity index (χ2v) is 13.2. The number of fused-ring (bicyclic) bond motifs is 1. The number of nitrogens with one attached hydrogen (secondary N) is 1. The molecule has 208 valence electrons. The second-order valence-electron chi connectivity index (χ2n) is 12.4. The Morgan fingerprint density at radius 2 is 1.52 bits per heavy atom. The number of benzene rings is 2. The number of aromatic amines is 1. The van der Waals surface area contributed by atoms with Crippen molar-refractivity contribution in [3.63, 3.8) is 0 Å². The number of aromatic nitrogens is 4. The van der Waals surface area contributed by atoms with Crippen LogP contribution in [0, 0.1) is 24.7 Å². The molecule has 4 aromatic rings. The van der Waals surface area contributed by atoms with Crippen molar-refractivity contribution in [2.24, 2.45) is 22.7 Å². The first-order valence-corrected chi connectivity index (χ1v) is 15.5. The molecule has 0 unspecified atom stereocenters. The van der Waals surface area contributed by atoms with Gasteiger partial charge in [0, 0.05) is 29.5 Å². The zero-order valence-electron chi connectivity index (χ0n) is 23.4. The number of rotatable bonds is 6. The van der Waals surface area contributed by atoms with E-state index < -0.39 is 0 Å². The van der Waals surface area contributed by atoms with Gasteiger partial charge in [0.05, 0.1) is 28.0 Å². The van der Waals surface area contributed by atoms with E-state index in [-0.39, 0.29) is 11.2 Å².